The van der Waals surface area contributed by atoms with E-state index in [-0.39, 0.29) is 26.2 Å². The molecule has 4 unspecified atom stereocenters. The molecule has 2 saturated heterocycles. The van der Waals surface area contributed by atoms with Crippen molar-refractivity contribution in [3.8, 4) is 0 Å². The molecule has 27 heavy (non-hydrogen) atoms. The lowest BCUT2D eigenvalue weighted by Gasteiger charge is -2.40. The highest BCUT2D eigenvalue weighted by molar-refractivity contribution is 7.80. The Morgan fingerprint density at radius 1 is 1.15 bits per heavy atom. The van der Waals surface area contributed by atoms with Crippen molar-refractivity contribution < 1.29 is 46.8 Å². The molecular formula is C16H23NO9S. The van der Waals surface area contributed by atoms with E-state index in [9.17, 15) is 28.3 Å². The average molecular weight is 405 g/mol. The number of hydrogen-bond donors (Lipinski definition) is 4. The van der Waals surface area contributed by atoms with Crippen molar-refractivity contribution in [3.05, 3.63) is 35.9 Å². The molecule has 0 radical (unpaired) electrons. The van der Waals surface area contributed by atoms with E-state index in [4.69, 9.17) is 9.47 Å². The highest BCUT2D eigenvalue weighted by atomic mass is 32.3. The largest absolute Gasteiger partial charge is 0.726 e. The topological polar surface area (TPSA) is 150 Å². The lowest BCUT2D eigenvalue weighted by atomic mass is 10.0. The van der Waals surface area contributed by atoms with Gasteiger partial charge in [-0.15, -0.1) is 0 Å². The molecule has 0 aliphatic carbocycles. The van der Waals surface area contributed by atoms with Gasteiger partial charge >= 0.3 is 0 Å². The Balaban J connectivity index is 1.73. The summed E-state index contributed by atoms with van der Waals surface area (Å²) in [5.74, 6) is 0. The molecule has 10 nitrogen and oxygen atoms in total. The molecule has 2 aliphatic rings. The van der Waals surface area contributed by atoms with Crippen LogP contribution in [-0.2, 0) is 24.1 Å². The van der Waals surface area contributed by atoms with Gasteiger partial charge in [0.15, 0.2) is 6.29 Å². The van der Waals surface area contributed by atoms with Crippen molar-refractivity contribution >= 4 is 10.4 Å². The van der Waals surface area contributed by atoms with Crippen LogP contribution in [0.4, 0.5) is 0 Å². The fraction of sp³-hybridized carbons (Fsp3) is 0.625. The Bertz CT molecular complexity index is 704. The molecule has 0 amide bonds. The van der Waals surface area contributed by atoms with E-state index in [0.717, 1.165) is 5.56 Å². The monoisotopic (exact) mass is 405 g/mol. The molecule has 0 spiro atoms. The first-order chi connectivity index (χ1) is 12.7. The van der Waals surface area contributed by atoms with Gasteiger partial charge < -0.3 is 34.2 Å². The number of aliphatic hydroxyl groups is 3. The van der Waals surface area contributed by atoms with Crippen LogP contribution in [0.1, 0.15) is 11.9 Å². The maximum Gasteiger partial charge on any atom is 0.218 e. The second-order valence-electron chi connectivity index (χ2n) is 6.78. The minimum atomic E-state index is -4.97. The van der Waals surface area contributed by atoms with Crippen LogP contribution in [-0.4, -0.2) is 85.1 Å². The van der Waals surface area contributed by atoms with Gasteiger partial charge in [0.05, 0.1) is 6.61 Å². The number of aliphatic hydroxyl groups excluding tert-OH is 3. The molecule has 3 rings (SSSR count). The Morgan fingerprint density at radius 3 is 2.37 bits per heavy atom. The maximum atomic E-state index is 11.0. The first kappa shape index (κ1) is 20.6. The molecule has 0 aromatic heterocycles. The van der Waals surface area contributed by atoms with E-state index in [1.54, 1.807) is 24.3 Å². The first-order valence-corrected chi connectivity index (χ1v) is 9.90. The normalized spacial score (nSPS) is 37.9. The van der Waals surface area contributed by atoms with Gasteiger partial charge in [-0.2, -0.15) is 0 Å². The number of ether oxygens (including phenoxy) is 2. The van der Waals surface area contributed by atoms with Gasteiger partial charge in [0.1, 0.15) is 50.2 Å². The fourth-order valence-corrected chi connectivity index (χ4v) is 3.89. The third-order valence-corrected chi connectivity index (χ3v) is 5.19. The van der Waals surface area contributed by atoms with Crippen LogP contribution in [0.25, 0.3) is 0 Å². The Morgan fingerprint density at radius 2 is 1.78 bits per heavy atom. The minimum Gasteiger partial charge on any atom is -0.726 e. The molecule has 1 aromatic carbocycles. The molecule has 11 heteroatoms. The minimum absolute atomic E-state index is 0.131. The lowest BCUT2D eigenvalue weighted by Crippen LogP contribution is -3.17. The smallest absolute Gasteiger partial charge is 0.218 e. The molecule has 0 saturated carbocycles. The number of rotatable bonds is 5. The van der Waals surface area contributed by atoms with Crippen molar-refractivity contribution in [2.75, 3.05) is 26.2 Å². The van der Waals surface area contributed by atoms with Crippen molar-refractivity contribution in [2.45, 2.75) is 36.8 Å². The van der Waals surface area contributed by atoms with Crippen LogP contribution in [0, 0.1) is 0 Å². The van der Waals surface area contributed by atoms with Crippen LogP contribution in [0.5, 0.6) is 0 Å². The second kappa shape index (κ2) is 8.47. The summed E-state index contributed by atoms with van der Waals surface area (Å²) in [5, 5.41) is 29.4. The summed E-state index contributed by atoms with van der Waals surface area (Å²) >= 11 is 0. The van der Waals surface area contributed by atoms with Crippen molar-refractivity contribution in [1.82, 2.24) is 0 Å². The summed E-state index contributed by atoms with van der Waals surface area (Å²) in [5.41, 5.74) is 0.718. The molecule has 1 aromatic rings. The van der Waals surface area contributed by atoms with Gasteiger partial charge in [-0.3, -0.25) is 4.18 Å². The molecule has 7 atom stereocenters. The van der Waals surface area contributed by atoms with E-state index in [0.29, 0.717) is 4.90 Å². The standard InChI is InChI=1S/C16H23NO9S/c18-11-6-17(7-12(19)15(11)20)8-13-14(26-27(21,22)23)9-24-16(25-13)10-4-2-1-3-5-10/h1-5,11-16,18-20H,6-9H2,(H,21,22,23)/t11-,12+,13-,14?,15?,16?/m1/s1. The molecule has 152 valence electrons. The van der Waals surface area contributed by atoms with Gasteiger partial charge in [0, 0.05) is 5.56 Å². The zero-order chi connectivity index (χ0) is 19.6. The van der Waals surface area contributed by atoms with Crippen LogP contribution in [0.15, 0.2) is 30.3 Å². The highest BCUT2D eigenvalue weighted by Gasteiger charge is 2.42. The Labute approximate surface area is 156 Å². The summed E-state index contributed by atoms with van der Waals surface area (Å²) < 4.78 is 49.0. The SMILES string of the molecule is O=S(=O)([O-])OC1COC(c2ccccc2)O[C@@H]1C[NH+]1C[C@@H](O)C(O)[C@@H](O)C1. The van der Waals surface area contributed by atoms with E-state index in [2.05, 4.69) is 4.18 Å². The second-order valence-corrected chi connectivity index (χ2v) is 7.79. The maximum absolute atomic E-state index is 11.0. The molecule has 2 aliphatic heterocycles. The third kappa shape index (κ3) is 5.44. The quantitative estimate of drug-likeness (QED) is 0.295. The first-order valence-electron chi connectivity index (χ1n) is 8.57. The van der Waals surface area contributed by atoms with Gasteiger partial charge in [-0.05, 0) is 0 Å². The third-order valence-electron chi connectivity index (χ3n) is 4.71. The zero-order valence-corrected chi connectivity index (χ0v) is 15.2. The van der Waals surface area contributed by atoms with Crippen LogP contribution >= 0.6 is 0 Å². The number of quaternary nitrogens is 1. The summed E-state index contributed by atoms with van der Waals surface area (Å²) in [6.45, 7) is 0.234. The van der Waals surface area contributed by atoms with Gasteiger partial charge in [-0.25, -0.2) is 8.42 Å². The number of hydrogen-bond acceptors (Lipinski definition) is 9. The van der Waals surface area contributed by atoms with Crippen molar-refractivity contribution in [2.24, 2.45) is 0 Å². The van der Waals surface area contributed by atoms with Crippen LogP contribution in [0.2, 0.25) is 0 Å². The summed E-state index contributed by atoms with van der Waals surface area (Å²) in [4.78, 5) is 0.677. The molecule has 2 heterocycles. The Kier molecular flexibility index (Phi) is 6.46. The predicted molar refractivity (Wildman–Crippen MR) is 88.2 cm³/mol. The molecule has 4 N–H and O–H groups in total. The van der Waals surface area contributed by atoms with E-state index < -0.39 is 47.2 Å². The summed E-state index contributed by atoms with van der Waals surface area (Å²) in [6.07, 6.45) is -6.25. The number of benzene rings is 1. The average Bonchev–Trinajstić information content (AvgIpc) is 2.60. The highest BCUT2D eigenvalue weighted by Crippen LogP contribution is 2.27. The van der Waals surface area contributed by atoms with E-state index in [1.807, 2.05) is 6.07 Å². The van der Waals surface area contributed by atoms with Gasteiger partial charge in [0.2, 0.25) is 10.4 Å². The van der Waals surface area contributed by atoms with Gasteiger partial charge in [-0.1, -0.05) is 30.3 Å². The van der Waals surface area contributed by atoms with Gasteiger partial charge in [0.25, 0.3) is 0 Å². The predicted octanol–water partition coefficient (Wildman–Crippen LogP) is -3.07. The molecule has 0 bridgehead atoms. The van der Waals surface area contributed by atoms with Crippen molar-refractivity contribution in [3.63, 3.8) is 0 Å². The van der Waals surface area contributed by atoms with E-state index >= 15 is 0 Å². The fourth-order valence-electron chi connectivity index (χ4n) is 3.40. The Hall–Kier alpha value is -1.15. The number of likely N-dealkylation sites (tertiary alicyclic amines) is 1. The van der Waals surface area contributed by atoms with Crippen LogP contribution in [0.3, 0.4) is 0 Å². The van der Waals surface area contributed by atoms with Crippen molar-refractivity contribution in [1.29, 1.82) is 0 Å². The number of nitrogens with one attached hydrogen (secondary N) is 1. The van der Waals surface area contributed by atoms with E-state index in [1.165, 1.54) is 0 Å². The summed E-state index contributed by atoms with van der Waals surface area (Å²) in [7, 11) is -4.97. The lowest BCUT2D eigenvalue weighted by molar-refractivity contribution is -0.917. The van der Waals surface area contributed by atoms with Crippen LogP contribution < -0.4 is 4.90 Å². The molecular weight excluding hydrogens is 382 g/mol. The molecule has 2 fully saturated rings. The zero-order valence-electron chi connectivity index (χ0n) is 14.4. The summed E-state index contributed by atoms with van der Waals surface area (Å²) in [6, 6.07) is 8.99. The number of piperidine rings is 1.